The Morgan fingerprint density at radius 3 is 2.32 bits per heavy atom. The van der Waals surface area contributed by atoms with Crippen LogP contribution in [0.3, 0.4) is 0 Å². The minimum Gasteiger partial charge on any atom is -0.206 e. The number of rotatable bonds is 6. The molecule has 0 atom stereocenters. The number of aryl methyl sites for hydroxylation is 1. The van der Waals surface area contributed by atoms with Gasteiger partial charge in [0.15, 0.2) is 0 Å². The van der Waals surface area contributed by atoms with Crippen LogP contribution in [0.4, 0.5) is 8.78 Å². The summed E-state index contributed by atoms with van der Waals surface area (Å²) in [7, 11) is 0. The molecule has 162 valence electrons. The summed E-state index contributed by atoms with van der Waals surface area (Å²) in [5, 5.41) is 10.4. The van der Waals surface area contributed by atoms with E-state index in [-0.39, 0.29) is 4.90 Å². The van der Waals surface area contributed by atoms with E-state index < -0.39 is 11.6 Å². The standard InChI is InChI=1S/C27H29F2NS/c1-3-5-6-19-7-9-20(10-8-19)11-12-22-13-14-23(15-21(22)4-2)24-16-25(28)27(31-18-30)26(29)17-24/h13-17,19-20H,3-10H2,1-2H3. The van der Waals surface area contributed by atoms with Crippen LogP contribution in [-0.2, 0) is 6.42 Å². The van der Waals surface area contributed by atoms with Gasteiger partial charge in [-0.25, -0.2) is 8.78 Å². The van der Waals surface area contributed by atoms with Crippen LogP contribution in [0.1, 0.15) is 69.9 Å². The Morgan fingerprint density at radius 1 is 1.00 bits per heavy atom. The molecule has 1 saturated carbocycles. The minimum atomic E-state index is -0.710. The quantitative estimate of drug-likeness (QED) is 0.259. The van der Waals surface area contributed by atoms with Crippen molar-refractivity contribution < 1.29 is 8.78 Å². The molecule has 2 aromatic carbocycles. The number of hydrogen-bond donors (Lipinski definition) is 0. The van der Waals surface area contributed by atoms with Crippen molar-refractivity contribution in [1.29, 1.82) is 5.26 Å². The van der Waals surface area contributed by atoms with Crippen molar-refractivity contribution in [2.45, 2.75) is 70.1 Å². The smallest absolute Gasteiger partial charge is 0.141 e. The zero-order chi connectivity index (χ0) is 22.2. The Bertz CT molecular complexity index is 981. The first kappa shape index (κ1) is 23.4. The summed E-state index contributed by atoms with van der Waals surface area (Å²) in [6, 6.07) is 8.38. The van der Waals surface area contributed by atoms with Gasteiger partial charge in [0, 0.05) is 11.5 Å². The summed E-state index contributed by atoms with van der Waals surface area (Å²) in [6.07, 6.45) is 9.72. The van der Waals surface area contributed by atoms with E-state index in [0.717, 1.165) is 29.0 Å². The van der Waals surface area contributed by atoms with Crippen molar-refractivity contribution in [2.24, 2.45) is 11.8 Å². The first-order valence-electron chi connectivity index (χ1n) is 11.3. The summed E-state index contributed by atoms with van der Waals surface area (Å²) in [4.78, 5) is -0.256. The highest BCUT2D eigenvalue weighted by Gasteiger charge is 2.19. The van der Waals surface area contributed by atoms with Crippen LogP contribution in [0.15, 0.2) is 35.2 Å². The van der Waals surface area contributed by atoms with Gasteiger partial charge in [0.25, 0.3) is 0 Å². The topological polar surface area (TPSA) is 23.8 Å². The van der Waals surface area contributed by atoms with E-state index in [1.807, 2.05) is 18.2 Å². The van der Waals surface area contributed by atoms with Gasteiger partial charge in [0.05, 0.1) is 4.90 Å². The maximum atomic E-state index is 14.2. The molecular weight excluding hydrogens is 408 g/mol. The molecule has 0 amide bonds. The van der Waals surface area contributed by atoms with Crippen molar-refractivity contribution in [2.75, 3.05) is 0 Å². The van der Waals surface area contributed by atoms with Crippen molar-refractivity contribution in [1.82, 2.24) is 0 Å². The lowest BCUT2D eigenvalue weighted by Crippen LogP contribution is -2.13. The molecule has 0 bridgehead atoms. The van der Waals surface area contributed by atoms with Crippen LogP contribution in [0.5, 0.6) is 0 Å². The van der Waals surface area contributed by atoms with Crippen LogP contribution >= 0.6 is 11.8 Å². The largest absolute Gasteiger partial charge is 0.206 e. The maximum absolute atomic E-state index is 14.2. The number of halogens is 2. The van der Waals surface area contributed by atoms with E-state index in [1.165, 1.54) is 57.1 Å². The van der Waals surface area contributed by atoms with Gasteiger partial charge in [0.2, 0.25) is 0 Å². The Labute approximate surface area is 189 Å². The SMILES string of the molecule is CCCCC1CCC(C#Cc2ccc(-c3cc(F)c(SC#N)c(F)c3)cc2CC)CC1. The molecule has 0 aromatic heterocycles. The fourth-order valence-electron chi connectivity index (χ4n) is 4.33. The second-order valence-electron chi connectivity index (χ2n) is 8.32. The monoisotopic (exact) mass is 437 g/mol. The Hall–Kier alpha value is -2.30. The molecule has 1 fully saturated rings. The lowest BCUT2D eigenvalue weighted by atomic mass is 9.80. The highest BCUT2D eigenvalue weighted by Crippen LogP contribution is 2.33. The third-order valence-corrected chi connectivity index (χ3v) is 6.87. The number of unbranched alkanes of at least 4 members (excludes halogenated alkanes) is 1. The highest BCUT2D eigenvalue weighted by atomic mass is 32.2. The first-order chi connectivity index (χ1) is 15.0. The normalized spacial score (nSPS) is 18.2. The van der Waals surface area contributed by atoms with E-state index >= 15 is 0 Å². The van der Waals surface area contributed by atoms with Gasteiger partial charge in [-0.3, -0.25) is 0 Å². The summed E-state index contributed by atoms with van der Waals surface area (Å²) in [5.41, 5.74) is 3.30. The number of nitrogens with zero attached hydrogens (tertiary/aromatic N) is 1. The van der Waals surface area contributed by atoms with Gasteiger partial charge >= 0.3 is 0 Å². The van der Waals surface area contributed by atoms with E-state index in [4.69, 9.17) is 5.26 Å². The van der Waals surface area contributed by atoms with Crippen molar-refractivity contribution in [3.63, 3.8) is 0 Å². The van der Waals surface area contributed by atoms with E-state index in [9.17, 15) is 8.78 Å². The second-order valence-corrected chi connectivity index (χ2v) is 9.11. The van der Waals surface area contributed by atoms with Gasteiger partial charge in [-0.05, 0) is 90.7 Å². The van der Waals surface area contributed by atoms with Gasteiger partial charge in [0.1, 0.15) is 17.0 Å². The number of thioether (sulfide) groups is 1. The maximum Gasteiger partial charge on any atom is 0.141 e. The molecule has 1 nitrogen and oxygen atoms in total. The predicted molar refractivity (Wildman–Crippen MR) is 124 cm³/mol. The van der Waals surface area contributed by atoms with Crippen LogP contribution in [0.2, 0.25) is 0 Å². The number of thiocyanates is 1. The average molecular weight is 438 g/mol. The lowest BCUT2D eigenvalue weighted by molar-refractivity contribution is 0.296. The Balaban J connectivity index is 1.75. The summed E-state index contributed by atoms with van der Waals surface area (Å²) < 4.78 is 28.5. The Morgan fingerprint density at radius 2 is 1.71 bits per heavy atom. The molecule has 0 radical (unpaired) electrons. The lowest BCUT2D eigenvalue weighted by Gasteiger charge is -2.25. The van der Waals surface area contributed by atoms with E-state index in [0.29, 0.717) is 23.2 Å². The third kappa shape index (κ3) is 6.11. The average Bonchev–Trinajstić information content (AvgIpc) is 2.79. The number of benzene rings is 2. The molecule has 1 aliphatic rings. The molecule has 0 spiro atoms. The van der Waals surface area contributed by atoms with Gasteiger partial charge < -0.3 is 0 Å². The van der Waals surface area contributed by atoms with Crippen LogP contribution in [0, 0.1) is 46.0 Å². The van der Waals surface area contributed by atoms with Crippen molar-refractivity contribution in [3.05, 3.63) is 53.1 Å². The van der Waals surface area contributed by atoms with E-state index in [2.05, 4.69) is 25.7 Å². The molecule has 0 saturated heterocycles. The van der Waals surface area contributed by atoms with Crippen molar-refractivity contribution >= 4 is 11.8 Å². The van der Waals surface area contributed by atoms with E-state index in [1.54, 1.807) is 5.40 Å². The molecule has 3 rings (SSSR count). The molecule has 0 aliphatic heterocycles. The zero-order valence-electron chi connectivity index (χ0n) is 18.3. The minimum absolute atomic E-state index is 0.256. The highest BCUT2D eigenvalue weighted by molar-refractivity contribution is 8.03. The molecule has 4 heteroatoms. The third-order valence-electron chi connectivity index (χ3n) is 6.19. The molecule has 31 heavy (non-hydrogen) atoms. The van der Waals surface area contributed by atoms with Gasteiger partial charge in [-0.15, -0.1) is 0 Å². The molecule has 0 unspecified atom stereocenters. The molecular formula is C27H29F2NS. The number of hydrogen-bond acceptors (Lipinski definition) is 2. The molecule has 0 N–H and O–H groups in total. The summed E-state index contributed by atoms with van der Waals surface area (Å²) in [6.45, 7) is 4.32. The molecule has 0 heterocycles. The van der Waals surface area contributed by atoms with Crippen LogP contribution in [-0.4, -0.2) is 0 Å². The first-order valence-corrected chi connectivity index (χ1v) is 12.1. The second kappa shape index (κ2) is 11.4. The fourth-order valence-corrected chi connectivity index (χ4v) is 4.73. The van der Waals surface area contributed by atoms with Crippen LogP contribution < -0.4 is 0 Å². The summed E-state index contributed by atoms with van der Waals surface area (Å²) >= 11 is 0.504. The molecule has 2 aromatic rings. The number of nitriles is 1. The van der Waals surface area contributed by atoms with Gasteiger partial charge in [-0.2, -0.15) is 5.26 Å². The Kier molecular flexibility index (Phi) is 8.56. The van der Waals surface area contributed by atoms with Crippen LogP contribution in [0.25, 0.3) is 11.1 Å². The fraction of sp³-hybridized carbons (Fsp3) is 0.444. The van der Waals surface area contributed by atoms with Crippen molar-refractivity contribution in [3.8, 4) is 28.4 Å². The predicted octanol–water partition coefficient (Wildman–Crippen LogP) is 8.12. The van der Waals surface area contributed by atoms with Gasteiger partial charge in [-0.1, -0.05) is 51.0 Å². The molecule has 1 aliphatic carbocycles. The zero-order valence-corrected chi connectivity index (χ0v) is 19.1. The summed E-state index contributed by atoms with van der Waals surface area (Å²) in [5.74, 6) is 6.79.